The average Bonchev–Trinajstić information content (AvgIpc) is 2.77. The third-order valence-electron chi connectivity index (χ3n) is 4.73. The summed E-state index contributed by atoms with van der Waals surface area (Å²) < 4.78 is 6.21. The summed E-state index contributed by atoms with van der Waals surface area (Å²) in [6.45, 7) is 6.58. The van der Waals surface area contributed by atoms with E-state index in [1.165, 1.54) is 15.9 Å². The quantitative estimate of drug-likeness (QED) is 0.359. The first-order valence-electron chi connectivity index (χ1n) is 10.5. The number of para-hydroxylation sites is 1. The van der Waals surface area contributed by atoms with Crippen LogP contribution >= 0.6 is 7.92 Å². The Balaban J connectivity index is 1.85. The number of rotatable bonds is 6. The van der Waals surface area contributed by atoms with Crippen molar-refractivity contribution in [3.8, 4) is 11.5 Å². The Labute approximate surface area is 186 Å². The molecule has 0 unspecified atom stereocenters. The van der Waals surface area contributed by atoms with Gasteiger partial charge in [-0.2, -0.15) is 0 Å². The van der Waals surface area contributed by atoms with Crippen LogP contribution in [0.2, 0.25) is 0 Å². The molecule has 0 saturated carbocycles. The maximum absolute atomic E-state index is 6.21. The molecule has 2 nitrogen and oxygen atoms in total. The van der Waals surface area contributed by atoms with E-state index in [2.05, 4.69) is 98.9 Å². The minimum absolute atomic E-state index is 0.0507. The van der Waals surface area contributed by atoms with Crippen LogP contribution in [0.3, 0.4) is 0 Å². The highest BCUT2D eigenvalue weighted by molar-refractivity contribution is 7.80. The lowest BCUT2D eigenvalue weighted by atomic mass is 10.1. The van der Waals surface area contributed by atoms with Crippen LogP contribution in [0, 0.1) is 0 Å². The van der Waals surface area contributed by atoms with Gasteiger partial charge in [0.25, 0.3) is 0 Å². The van der Waals surface area contributed by atoms with Gasteiger partial charge in [0, 0.05) is 16.5 Å². The van der Waals surface area contributed by atoms with Crippen molar-refractivity contribution < 1.29 is 4.74 Å². The van der Waals surface area contributed by atoms with Crippen molar-refractivity contribution in [2.45, 2.75) is 26.3 Å². The molecule has 156 valence electrons. The van der Waals surface area contributed by atoms with E-state index in [1.807, 2.05) is 36.4 Å². The fraction of sp³-hybridized carbons (Fsp3) is 0.143. The van der Waals surface area contributed by atoms with Crippen molar-refractivity contribution in [3.63, 3.8) is 0 Å². The molecule has 0 aliphatic carbocycles. The zero-order valence-corrected chi connectivity index (χ0v) is 19.1. The van der Waals surface area contributed by atoms with Gasteiger partial charge < -0.3 is 10.1 Å². The fourth-order valence-corrected chi connectivity index (χ4v) is 5.90. The molecule has 0 atom stereocenters. The Morgan fingerprint density at radius 3 is 1.65 bits per heavy atom. The van der Waals surface area contributed by atoms with Crippen LogP contribution in [0.15, 0.2) is 109 Å². The van der Waals surface area contributed by atoms with Gasteiger partial charge in [0.2, 0.25) is 0 Å². The Morgan fingerprint density at radius 2 is 1.13 bits per heavy atom. The largest absolute Gasteiger partial charge is 0.457 e. The number of hydrogen-bond donors (Lipinski definition) is 1. The first-order valence-corrected chi connectivity index (χ1v) is 11.9. The fourth-order valence-electron chi connectivity index (χ4n) is 3.48. The number of ether oxygens (including phenoxy) is 1. The van der Waals surface area contributed by atoms with Gasteiger partial charge in [-0.15, -0.1) is 0 Å². The van der Waals surface area contributed by atoms with Gasteiger partial charge in [-0.1, -0.05) is 78.9 Å². The van der Waals surface area contributed by atoms with Crippen LogP contribution in [-0.4, -0.2) is 5.54 Å². The standard InChI is InChI=1S/C28H28NOP/c1-28(2,3)29-26-20-19-23(30-22-13-7-4-8-14-22)21-27(26)31(24-15-9-5-10-16-24)25-17-11-6-12-18-25/h4-21,29H,1-3H3. The van der Waals surface area contributed by atoms with Gasteiger partial charge in [-0.25, -0.2) is 0 Å². The average molecular weight is 426 g/mol. The van der Waals surface area contributed by atoms with E-state index in [9.17, 15) is 0 Å². The number of hydrogen-bond acceptors (Lipinski definition) is 2. The minimum atomic E-state index is -0.753. The van der Waals surface area contributed by atoms with Gasteiger partial charge in [0.05, 0.1) is 0 Å². The predicted octanol–water partition coefficient (Wildman–Crippen LogP) is 6.45. The number of anilines is 1. The second-order valence-electron chi connectivity index (χ2n) is 8.48. The zero-order chi connectivity index (χ0) is 21.7. The Hall–Kier alpha value is -3.09. The van der Waals surface area contributed by atoms with E-state index < -0.39 is 7.92 Å². The van der Waals surface area contributed by atoms with Crippen LogP contribution in [-0.2, 0) is 0 Å². The van der Waals surface area contributed by atoms with Crippen LogP contribution < -0.4 is 26.0 Å². The molecule has 31 heavy (non-hydrogen) atoms. The van der Waals surface area contributed by atoms with Crippen molar-refractivity contribution in [1.29, 1.82) is 0 Å². The van der Waals surface area contributed by atoms with Crippen LogP contribution in [0.25, 0.3) is 0 Å². The van der Waals surface area contributed by atoms with Crippen molar-refractivity contribution >= 4 is 29.5 Å². The molecule has 0 radical (unpaired) electrons. The first kappa shape index (κ1) is 21.2. The molecule has 0 bridgehead atoms. The summed E-state index contributed by atoms with van der Waals surface area (Å²) in [6.07, 6.45) is 0. The summed E-state index contributed by atoms with van der Waals surface area (Å²) in [5.74, 6) is 1.69. The molecule has 4 aromatic rings. The molecule has 0 amide bonds. The molecular weight excluding hydrogens is 397 g/mol. The number of nitrogens with one attached hydrogen (secondary N) is 1. The van der Waals surface area contributed by atoms with E-state index >= 15 is 0 Å². The molecule has 0 fully saturated rings. The molecule has 0 saturated heterocycles. The van der Waals surface area contributed by atoms with E-state index in [1.54, 1.807) is 0 Å². The van der Waals surface area contributed by atoms with Crippen LogP contribution in [0.4, 0.5) is 5.69 Å². The lowest BCUT2D eigenvalue weighted by Gasteiger charge is -2.28. The van der Waals surface area contributed by atoms with Crippen LogP contribution in [0.5, 0.6) is 11.5 Å². The summed E-state index contributed by atoms with van der Waals surface area (Å²) in [4.78, 5) is 0. The van der Waals surface area contributed by atoms with Crippen molar-refractivity contribution in [2.75, 3.05) is 5.32 Å². The SMILES string of the molecule is CC(C)(C)Nc1ccc(Oc2ccccc2)cc1P(c1ccccc1)c1ccccc1. The number of benzene rings is 4. The Morgan fingerprint density at radius 1 is 0.613 bits per heavy atom. The molecular formula is C28H28NOP. The van der Waals surface area contributed by atoms with E-state index in [0.717, 1.165) is 17.2 Å². The van der Waals surface area contributed by atoms with Gasteiger partial charge in [0.15, 0.2) is 0 Å². The molecule has 0 aliphatic heterocycles. The third kappa shape index (κ3) is 5.54. The normalized spacial score (nSPS) is 11.4. The minimum Gasteiger partial charge on any atom is -0.457 e. The summed E-state index contributed by atoms with van der Waals surface area (Å²) >= 11 is 0. The second-order valence-corrected chi connectivity index (χ2v) is 10.7. The lowest BCUT2D eigenvalue weighted by Crippen LogP contribution is -2.31. The highest BCUT2D eigenvalue weighted by Crippen LogP contribution is 2.38. The third-order valence-corrected chi connectivity index (χ3v) is 7.21. The van der Waals surface area contributed by atoms with Crippen molar-refractivity contribution in [2.24, 2.45) is 0 Å². The molecule has 4 aromatic carbocycles. The van der Waals surface area contributed by atoms with Gasteiger partial charge >= 0.3 is 0 Å². The van der Waals surface area contributed by atoms with Crippen molar-refractivity contribution in [1.82, 2.24) is 0 Å². The van der Waals surface area contributed by atoms with E-state index in [-0.39, 0.29) is 5.54 Å². The highest BCUT2D eigenvalue weighted by atomic mass is 31.1. The molecule has 0 aromatic heterocycles. The first-order chi connectivity index (χ1) is 15.0. The van der Waals surface area contributed by atoms with Gasteiger partial charge in [0.1, 0.15) is 11.5 Å². The molecule has 1 N–H and O–H groups in total. The summed E-state index contributed by atoms with van der Waals surface area (Å²) in [7, 11) is -0.753. The zero-order valence-electron chi connectivity index (χ0n) is 18.2. The summed E-state index contributed by atoms with van der Waals surface area (Å²) in [6, 6.07) is 37.9. The lowest BCUT2D eigenvalue weighted by molar-refractivity contribution is 0.483. The maximum atomic E-state index is 6.21. The Kier molecular flexibility index (Phi) is 6.39. The highest BCUT2D eigenvalue weighted by Gasteiger charge is 2.22. The van der Waals surface area contributed by atoms with Gasteiger partial charge in [-0.3, -0.25) is 0 Å². The van der Waals surface area contributed by atoms with Crippen LogP contribution in [0.1, 0.15) is 20.8 Å². The molecule has 0 spiro atoms. The maximum Gasteiger partial charge on any atom is 0.128 e. The Bertz CT molecular complexity index is 1070. The summed E-state index contributed by atoms with van der Waals surface area (Å²) in [5.41, 5.74) is 1.09. The summed E-state index contributed by atoms with van der Waals surface area (Å²) in [5, 5.41) is 7.62. The molecule has 0 aliphatic rings. The molecule has 0 heterocycles. The van der Waals surface area contributed by atoms with Gasteiger partial charge in [-0.05, 0) is 69.6 Å². The monoisotopic (exact) mass is 425 g/mol. The van der Waals surface area contributed by atoms with Crippen molar-refractivity contribution in [3.05, 3.63) is 109 Å². The van der Waals surface area contributed by atoms with E-state index in [0.29, 0.717) is 0 Å². The smallest absolute Gasteiger partial charge is 0.128 e. The predicted molar refractivity (Wildman–Crippen MR) is 135 cm³/mol. The second kappa shape index (κ2) is 9.37. The molecule has 3 heteroatoms. The van der Waals surface area contributed by atoms with E-state index in [4.69, 9.17) is 4.74 Å². The molecule has 4 rings (SSSR count). The topological polar surface area (TPSA) is 21.3 Å².